The van der Waals surface area contributed by atoms with Crippen molar-refractivity contribution in [1.82, 2.24) is 10.2 Å². The molecule has 3 unspecified atom stereocenters. The lowest BCUT2D eigenvalue weighted by atomic mass is 10.0. The molecule has 4 heteroatoms. The van der Waals surface area contributed by atoms with Crippen LogP contribution in [-0.2, 0) is 6.42 Å². The number of nitrogens with zero attached hydrogens (tertiary/aromatic N) is 1. The van der Waals surface area contributed by atoms with Crippen LogP contribution in [0.3, 0.4) is 0 Å². The SMILES string of the molecule is CC(NC1CCN(CCc2ccccc2)C1)C(O)c1ccc(F)cc1. The Bertz CT molecular complexity index is 647. The number of rotatable bonds is 7. The van der Waals surface area contributed by atoms with Gasteiger partial charge in [-0.25, -0.2) is 4.39 Å². The van der Waals surface area contributed by atoms with E-state index in [0.29, 0.717) is 6.04 Å². The first kappa shape index (κ1) is 18.1. The summed E-state index contributed by atoms with van der Waals surface area (Å²) < 4.78 is 13.0. The van der Waals surface area contributed by atoms with Crippen LogP contribution in [0.15, 0.2) is 54.6 Å². The maximum absolute atomic E-state index is 13.0. The van der Waals surface area contributed by atoms with Gasteiger partial charge in [0.1, 0.15) is 5.82 Å². The zero-order chi connectivity index (χ0) is 17.6. The molecule has 2 N–H and O–H groups in total. The Kier molecular flexibility index (Phi) is 6.19. The molecule has 2 aromatic carbocycles. The van der Waals surface area contributed by atoms with Crippen LogP contribution in [0.1, 0.15) is 30.6 Å². The van der Waals surface area contributed by atoms with Gasteiger partial charge in [0, 0.05) is 25.2 Å². The fraction of sp³-hybridized carbons (Fsp3) is 0.429. The van der Waals surface area contributed by atoms with Gasteiger partial charge in [0.05, 0.1) is 6.10 Å². The molecule has 0 aromatic heterocycles. The summed E-state index contributed by atoms with van der Waals surface area (Å²) in [5.41, 5.74) is 2.12. The van der Waals surface area contributed by atoms with E-state index in [9.17, 15) is 9.50 Å². The average molecular weight is 342 g/mol. The van der Waals surface area contributed by atoms with Gasteiger partial charge in [0.15, 0.2) is 0 Å². The molecule has 2 aromatic rings. The minimum Gasteiger partial charge on any atom is -0.387 e. The zero-order valence-corrected chi connectivity index (χ0v) is 14.7. The highest BCUT2D eigenvalue weighted by atomic mass is 19.1. The highest BCUT2D eigenvalue weighted by Gasteiger charge is 2.26. The third kappa shape index (κ3) is 5.11. The first-order valence-electron chi connectivity index (χ1n) is 9.07. The number of likely N-dealkylation sites (tertiary alicyclic amines) is 1. The van der Waals surface area contributed by atoms with Crippen LogP contribution in [0.4, 0.5) is 4.39 Å². The summed E-state index contributed by atoms with van der Waals surface area (Å²) in [6, 6.07) is 17.0. The van der Waals surface area contributed by atoms with Crippen LogP contribution in [0.5, 0.6) is 0 Å². The minimum absolute atomic E-state index is 0.0652. The summed E-state index contributed by atoms with van der Waals surface area (Å²) in [6.07, 6.45) is 1.54. The number of aliphatic hydroxyl groups excluding tert-OH is 1. The molecule has 0 bridgehead atoms. The highest BCUT2D eigenvalue weighted by Crippen LogP contribution is 2.19. The summed E-state index contributed by atoms with van der Waals surface area (Å²) in [5.74, 6) is -0.276. The van der Waals surface area contributed by atoms with Crippen molar-refractivity contribution in [2.75, 3.05) is 19.6 Å². The van der Waals surface area contributed by atoms with Gasteiger partial charge in [0.2, 0.25) is 0 Å². The molecule has 0 amide bonds. The van der Waals surface area contributed by atoms with Gasteiger partial charge < -0.3 is 15.3 Å². The lowest BCUT2D eigenvalue weighted by Crippen LogP contribution is -2.41. The van der Waals surface area contributed by atoms with E-state index < -0.39 is 6.10 Å². The first-order chi connectivity index (χ1) is 12.1. The molecular weight excluding hydrogens is 315 g/mol. The Hall–Kier alpha value is -1.75. The largest absolute Gasteiger partial charge is 0.387 e. The number of aliphatic hydroxyl groups is 1. The van der Waals surface area contributed by atoms with Crippen LogP contribution >= 0.6 is 0 Å². The molecule has 0 saturated carbocycles. The standard InChI is InChI=1S/C21H27FN2O/c1-16(21(25)18-7-9-19(22)10-8-18)23-20-12-14-24(15-20)13-11-17-5-3-2-4-6-17/h2-10,16,20-21,23,25H,11-15H2,1H3. The molecule has 1 fully saturated rings. The Morgan fingerprint density at radius 3 is 2.60 bits per heavy atom. The average Bonchev–Trinajstić information content (AvgIpc) is 3.08. The fourth-order valence-electron chi connectivity index (χ4n) is 3.52. The highest BCUT2D eigenvalue weighted by molar-refractivity contribution is 5.20. The maximum Gasteiger partial charge on any atom is 0.123 e. The van der Waals surface area contributed by atoms with Gasteiger partial charge in [-0.3, -0.25) is 0 Å². The number of benzene rings is 2. The van der Waals surface area contributed by atoms with Gasteiger partial charge in [-0.1, -0.05) is 42.5 Å². The van der Waals surface area contributed by atoms with Crippen LogP contribution in [0.25, 0.3) is 0 Å². The Labute approximate surface area is 149 Å². The van der Waals surface area contributed by atoms with Gasteiger partial charge in [-0.05, 0) is 49.6 Å². The Balaban J connectivity index is 1.45. The van der Waals surface area contributed by atoms with E-state index in [4.69, 9.17) is 0 Å². The lowest BCUT2D eigenvalue weighted by Gasteiger charge is -2.25. The Morgan fingerprint density at radius 2 is 1.88 bits per heavy atom. The van der Waals surface area contributed by atoms with Gasteiger partial charge in [0.25, 0.3) is 0 Å². The van der Waals surface area contributed by atoms with Crippen LogP contribution < -0.4 is 5.32 Å². The van der Waals surface area contributed by atoms with E-state index in [-0.39, 0.29) is 11.9 Å². The van der Waals surface area contributed by atoms with E-state index in [0.717, 1.165) is 38.0 Å². The Morgan fingerprint density at radius 1 is 1.16 bits per heavy atom. The number of hydrogen-bond donors (Lipinski definition) is 2. The lowest BCUT2D eigenvalue weighted by molar-refractivity contribution is 0.129. The molecule has 1 saturated heterocycles. The number of hydrogen-bond acceptors (Lipinski definition) is 3. The smallest absolute Gasteiger partial charge is 0.123 e. The van der Waals surface area contributed by atoms with Crippen LogP contribution in [0, 0.1) is 5.82 Å². The van der Waals surface area contributed by atoms with Crippen LogP contribution in [-0.4, -0.2) is 41.7 Å². The van der Waals surface area contributed by atoms with Crippen molar-refractivity contribution < 1.29 is 9.50 Å². The van der Waals surface area contributed by atoms with E-state index in [1.165, 1.54) is 17.7 Å². The van der Waals surface area contributed by atoms with Crippen LogP contribution in [0.2, 0.25) is 0 Å². The molecule has 25 heavy (non-hydrogen) atoms. The second kappa shape index (κ2) is 8.56. The molecular formula is C21H27FN2O. The molecule has 0 aliphatic carbocycles. The third-order valence-corrected chi connectivity index (χ3v) is 5.02. The molecule has 3 nitrogen and oxygen atoms in total. The van der Waals surface area contributed by atoms with Crippen molar-refractivity contribution >= 4 is 0 Å². The quantitative estimate of drug-likeness (QED) is 0.811. The molecule has 0 spiro atoms. The second-order valence-electron chi connectivity index (χ2n) is 6.97. The monoisotopic (exact) mass is 342 g/mol. The zero-order valence-electron chi connectivity index (χ0n) is 14.7. The molecule has 1 aliphatic heterocycles. The van der Waals surface area contributed by atoms with Crippen molar-refractivity contribution in [3.05, 3.63) is 71.5 Å². The van der Waals surface area contributed by atoms with E-state index in [1.54, 1.807) is 12.1 Å². The molecule has 1 heterocycles. The summed E-state index contributed by atoms with van der Waals surface area (Å²) in [5, 5.41) is 14.0. The molecule has 134 valence electrons. The van der Waals surface area contributed by atoms with E-state index >= 15 is 0 Å². The number of halogens is 1. The summed E-state index contributed by atoms with van der Waals surface area (Å²) in [7, 11) is 0. The maximum atomic E-state index is 13.0. The van der Waals surface area contributed by atoms with Gasteiger partial charge in [-0.2, -0.15) is 0 Å². The van der Waals surface area contributed by atoms with Gasteiger partial charge >= 0.3 is 0 Å². The van der Waals surface area contributed by atoms with Crippen molar-refractivity contribution in [1.29, 1.82) is 0 Å². The van der Waals surface area contributed by atoms with Crippen molar-refractivity contribution in [2.24, 2.45) is 0 Å². The normalized spacial score (nSPS) is 20.5. The summed E-state index contributed by atoms with van der Waals surface area (Å²) in [6.45, 7) is 5.15. The fourth-order valence-corrected chi connectivity index (χ4v) is 3.52. The molecule has 1 aliphatic rings. The first-order valence-corrected chi connectivity index (χ1v) is 9.07. The molecule has 3 rings (SSSR count). The van der Waals surface area contributed by atoms with Crippen molar-refractivity contribution in [2.45, 2.75) is 38.0 Å². The molecule has 0 radical (unpaired) electrons. The predicted octanol–water partition coefficient (Wildman–Crippen LogP) is 3.15. The predicted molar refractivity (Wildman–Crippen MR) is 98.9 cm³/mol. The van der Waals surface area contributed by atoms with E-state index in [2.05, 4.69) is 34.5 Å². The van der Waals surface area contributed by atoms with Gasteiger partial charge in [-0.15, -0.1) is 0 Å². The minimum atomic E-state index is -0.626. The topological polar surface area (TPSA) is 35.5 Å². The summed E-state index contributed by atoms with van der Waals surface area (Å²) in [4.78, 5) is 2.47. The summed E-state index contributed by atoms with van der Waals surface area (Å²) >= 11 is 0. The van der Waals surface area contributed by atoms with Crippen molar-refractivity contribution in [3.8, 4) is 0 Å². The third-order valence-electron chi connectivity index (χ3n) is 5.02. The number of nitrogens with one attached hydrogen (secondary N) is 1. The van der Waals surface area contributed by atoms with Crippen molar-refractivity contribution in [3.63, 3.8) is 0 Å². The second-order valence-corrected chi connectivity index (χ2v) is 6.97. The molecule has 3 atom stereocenters. The van der Waals surface area contributed by atoms with E-state index in [1.807, 2.05) is 13.0 Å².